The molecule has 86 valence electrons. The molecule has 16 heavy (non-hydrogen) atoms. The van der Waals surface area contributed by atoms with Gasteiger partial charge in [0.15, 0.2) is 5.78 Å². The number of Topliss-reactive ketones (excluding diaryl/α,β-unsaturated/α-hetero) is 1. The van der Waals surface area contributed by atoms with E-state index in [4.69, 9.17) is 5.73 Å². The van der Waals surface area contributed by atoms with Crippen molar-refractivity contribution in [2.45, 2.75) is 32.4 Å². The summed E-state index contributed by atoms with van der Waals surface area (Å²) in [5, 5.41) is 0. The number of likely N-dealkylation sites (tertiary alicyclic amines) is 1. The van der Waals surface area contributed by atoms with Gasteiger partial charge in [-0.05, 0) is 31.5 Å². The van der Waals surface area contributed by atoms with Crippen LogP contribution in [0.2, 0.25) is 0 Å². The van der Waals surface area contributed by atoms with Gasteiger partial charge in [0.2, 0.25) is 0 Å². The third kappa shape index (κ3) is 1.95. The predicted molar refractivity (Wildman–Crippen MR) is 65.1 cm³/mol. The average Bonchev–Trinajstić information content (AvgIpc) is 2.60. The van der Waals surface area contributed by atoms with Crippen LogP contribution in [0, 0.1) is 0 Å². The highest BCUT2D eigenvalue weighted by molar-refractivity contribution is 5.87. The summed E-state index contributed by atoms with van der Waals surface area (Å²) < 4.78 is 0. The molecule has 0 bridgehead atoms. The molecule has 1 unspecified atom stereocenters. The fourth-order valence-electron chi connectivity index (χ4n) is 2.35. The van der Waals surface area contributed by atoms with Crippen LogP contribution in [0.5, 0.6) is 0 Å². The fraction of sp³-hybridized carbons (Fsp3) is 0.462. The molecule has 3 heteroatoms. The molecule has 3 nitrogen and oxygen atoms in total. The maximum atomic E-state index is 11.9. The Kier molecular flexibility index (Phi) is 2.97. The van der Waals surface area contributed by atoms with Gasteiger partial charge in [0.05, 0.1) is 6.04 Å². The maximum absolute atomic E-state index is 11.9. The molecule has 1 saturated heterocycles. The van der Waals surface area contributed by atoms with E-state index in [2.05, 4.69) is 18.7 Å². The molecule has 1 heterocycles. The van der Waals surface area contributed by atoms with Gasteiger partial charge in [-0.15, -0.1) is 0 Å². The lowest BCUT2D eigenvalue weighted by Gasteiger charge is -2.27. The predicted octanol–water partition coefficient (Wildman–Crippen LogP) is 1.99. The van der Waals surface area contributed by atoms with Crippen LogP contribution in [0.3, 0.4) is 0 Å². The standard InChI is InChI=1S/C13H18N2O/c1-9(2)15-7-6-12(16)13(15)10-4-3-5-11(14)8-10/h3-5,8-9,13H,6-7,14H2,1-2H3. The van der Waals surface area contributed by atoms with Gasteiger partial charge in [-0.1, -0.05) is 12.1 Å². The number of carbonyl (C=O) groups is 1. The minimum atomic E-state index is -0.0940. The highest BCUT2D eigenvalue weighted by atomic mass is 16.1. The van der Waals surface area contributed by atoms with Gasteiger partial charge in [-0.2, -0.15) is 0 Å². The first-order chi connectivity index (χ1) is 7.59. The molecule has 0 aromatic heterocycles. The summed E-state index contributed by atoms with van der Waals surface area (Å²) in [6, 6.07) is 7.95. The van der Waals surface area contributed by atoms with Crippen molar-refractivity contribution in [3.05, 3.63) is 29.8 Å². The Morgan fingerprint density at radius 3 is 2.81 bits per heavy atom. The number of hydrogen-bond donors (Lipinski definition) is 1. The Balaban J connectivity index is 2.33. The molecule has 1 atom stereocenters. The van der Waals surface area contributed by atoms with E-state index in [1.165, 1.54) is 0 Å². The van der Waals surface area contributed by atoms with Crippen LogP contribution in [-0.2, 0) is 4.79 Å². The largest absolute Gasteiger partial charge is 0.399 e. The number of nitrogens with zero attached hydrogens (tertiary/aromatic N) is 1. The number of rotatable bonds is 2. The highest BCUT2D eigenvalue weighted by Crippen LogP contribution is 2.31. The number of ketones is 1. The zero-order valence-corrected chi connectivity index (χ0v) is 9.81. The molecular formula is C13H18N2O. The Bertz CT molecular complexity index is 401. The Morgan fingerprint density at radius 2 is 2.19 bits per heavy atom. The Hall–Kier alpha value is -1.35. The molecule has 0 spiro atoms. The summed E-state index contributed by atoms with van der Waals surface area (Å²) in [5.74, 6) is 0.305. The number of nitrogen functional groups attached to an aromatic ring is 1. The molecule has 0 radical (unpaired) electrons. The van der Waals surface area contributed by atoms with Crippen molar-refractivity contribution < 1.29 is 4.79 Å². The smallest absolute Gasteiger partial charge is 0.155 e. The first-order valence-corrected chi connectivity index (χ1v) is 5.73. The summed E-state index contributed by atoms with van der Waals surface area (Å²) >= 11 is 0. The quantitative estimate of drug-likeness (QED) is 0.772. The SMILES string of the molecule is CC(C)N1CCC(=O)C1c1cccc(N)c1. The first-order valence-electron chi connectivity index (χ1n) is 5.73. The molecule has 1 aliphatic heterocycles. The van der Waals surface area contributed by atoms with E-state index in [9.17, 15) is 4.79 Å². The van der Waals surface area contributed by atoms with Gasteiger partial charge in [0.25, 0.3) is 0 Å². The normalized spacial score (nSPS) is 21.9. The van der Waals surface area contributed by atoms with Gasteiger partial charge in [-0.25, -0.2) is 0 Å². The van der Waals surface area contributed by atoms with E-state index in [0.29, 0.717) is 18.2 Å². The fourth-order valence-corrected chi connectivity index (χ4v) is 2.35. The second-order valence-corrected chi connectivity index (χ2v) is 4.62. The third-order valence-electron chi connectivity index (χ3n) is 3.14. The van der Waals surface area contributed by atoms with Gasteiger partial charge in [0.1, 0.15) is 0 Å². The van der Waals surface area contributed by atoms with Gasteiger partial charge >= 0.3 is 0 Å². The number of nitrogens with two attached hydrogens (primary N) is 1. The molecule has 0 saturated carbocycles. The van der Waals surface area contributed by atoms with Crippen LogP contribution in [-0.4, -0.2) is 23.3 Å². The summed E-state index contributed by atoms with van der Waals surface area (Å²) in [6.45, 7) is 5.10. The number of carbonyl (C=O) groups excluding carboxylic acids is 1. The Labute approximate surface area is 96.2 Å². The van der Waals surface area contributed by atoms with E-state index in [0.717, 1.165) is 17.8 Å². The molecule has 1 fully saturated rings. The minimum Gasteiger partial charge on any atom is -0.399 e. The van der Waals surface area contributed by atoms with Crippen LogP contribution in [0.4, 0.5) is 5.69 Å². The van der Waals surface area contributed by atoms with Crippen LogP contribution in [0.15, 0.2) is 24.3 Å². The van der Waals surface area contributed by atoms with Crippen LogP contribution >= 0.6 is 0 Å². The van der Waals surface area contributed by atoms with Crippen LogP contribution in [0.25, 0.3) is 0 Å². The molecule has 2 rings (SSSR count). The molecule has 0 aliphatic carbocycles. The van der Waals surface area contributed by atoms with Gasteiger partial charge < -0.3 is 5.73 Å². The average molecular weight is 218 g/mol. The summed E-state index contributed by atoms with van der Waals surface area (Å²) in [5.41, 5.74) is 7.51. The molecule has 1 aromatic carbocycles. The monoisotopic (exact) mass is 218 g/mol. The van der Waals surface area contributed by atoms with Crippen molar-refractivity contribution in [1.82, 2.24) is 4.90 Å². The molecular weight excluding hydrogens is 200 g/mol. The van der Waals surface area contributed by atoms with Crippen molar-refractivity contribution in [1.29, 1.82) is 0 Å². The number of anilines is 1. The summed E-state index contributed by atoms with van der Waals surface area (Å²) in [7, 11) is 0. The lowest BCUT2D eigenvalue weighted by atomic mass is 10.0. The van der Waals surface area contributed by atoms with E-state index in [1.807, 2.05) is 24.3 Å². The van der Waals surface area contributed by atoms with Crippen molar-refractivity contribution >= 4 is 11.5 Å². The highest BCUT2D eigenvalue weighted by Gasteiger charge is 2.34. The molecule has 2 N–H and O–H groups in total. The van der Waals surface area contributed by atoms with Crippen molar-refractivity contribution in [3.8, 4) is 0 Å². The lowest BCUT2D eigenvalue weighted by Crippen LogP contribution is -2.32. The van der Waals surface area contributed by atoms with Crippen molar-refractivity contribution in [2.24, 2.45) is 0 Å². The lowest BCUT2D eigenvalue weighted by molar-refractivity contribution is -0.120. The van der Waals surface area contributed by atoms with E-state index in [-0.39, 0.29) is 6.04 Å². The first kappa shape index (κ1) is 11.1. The van der Waals surface area contributed by atoms with E-state index >= 15 is 0 Å². The third-order valence-corrected chi connectivity index (χ3v) is 3.14. The summed E-state index contributed by atoms with van der Waals surface area (Å²) in [6.07, 6.45) is 0.650. The van der Waals surface area contributed by atoms with Crippen molar-refractivity contribution in [3.63, 3.8) is 0 Å². The van der Waals surface area contributed by atoms with Crippen LogP contribution < -0.4 is 5.73 Å². The topological polar surface area (TPSA) is 46.3 Å². The second-order valence-electron chi connectivity index (χ2n) is 4.62. The number of hydrogen-bond acceptors (Lipinski definition) is 3. The molecule has 1 aromatic rings. The van der Waals surface area contributed by atoms with E-state index < -0.39 is 0 Å². The van der Waals surface area contributed by atoms with E-state index in [1.54, 1.807) is 0 Å². The molecule has 0 amide bonds. The second kappa shape index (κ2) is 4.26. The zero-order valence-electron chi connectivity index (χ0n) is 9.81. The maximum Gasteiger partial charge on any atom is 0.155 e. The number of benzene rings is 1. The Morgan fingerprint density at radius 1 is 1.44 bits per heavy atom. The van der Waals surface area contributed by atoms with Crippen LogP contribution in [0.1, 0.15) is 31.9 Å². The molecule has 1 aliphatic rings. The van der Waals surface area contributed by atoms with Gasteiger partial charge in [0, 0.05) is 24.7 Å². The minimum absolute atomic E-state index is 0.0940. The van der Waals surface area contributed by atoms with Gasteiger partial charge in [-0.3, -0.25) is 9.69 Å². The zero-order chi connectivity index (χ0) is 11.7. The summed E-state index contributed by atoms with van der Waals surface area (Å²) in [4.78, 5) is 14.2. The van der Waals surface area contributed by atoms with Crippen molar-refractivity contribution in [2.75, 3.05) is 12.3 Å².